The molecule has 1 aromatic carbocycles. The van der Waals surface area contributed by atoms with Gasteiger partial charge >= 0.3 is 5.97 Å². The summed E-state index contributed by atoms with van der Waals surface area (Å²) in [5.74, 6) is 0.0552. The van der Waals surface area contributed by atoms with Crippen LogP contribution in [0.3, 0.4) is 0 Å². The van der Waals surface area contributed by atoms with Gasteiger partial charge in [0.1, 0.15) is 12.6 Å². The van der Waals surface area contributed by atoms with Gasteiger partial charge in [-0.1, -0.05) is 45.8 Å². The third-order valence-corrected chi connectivity index (χ3v) is 3.98. The number of anilines is 1. The number of aromatic nitrogens is 4. The molecule has 0 unspecified atom stereocenters. The van der Waals surface area contributed by atoms with Gasteiger partial charge in [-0.15, -0.1) is 0 Å². The number of tetrazole rings is 1. The maximum Gasteiger partial charge on any atom is 0.338 e. The van der Waals surface area contributed by atoms with Crippen LogP contribution in [0, 0.1) is 0 Å². The number of halogens is 1. The van der Waals surface area contributed by atoms with E-state index in [0.29, 0.717) is 17.2 Å². The maximum atomic E-state index is 12.5. The smallest absolute Gasteiger partial charge is 0.338 e. The zero-order chi connectivity index (χ0) is 16.4. The number of allylic oxidation sites excluding steroid dienone is 1. The second kappa shape index (κ2) is 6.33. The number of ether oxygens (including phenoxy) is 1. The lowest BCUT2D eigenvalue weighted by Crippen LogP contribution is -2.29. The van der Waals surface area contributed by atoms with Crippen molar-refractivity contribution < 1.29 is 9.53 Å². The molecule has 2 aromatic rings. The highest BCUT2D eigenvalue weighted by Crippen LogP contribution is 2.35. The Bertz CT molecular complexity index is 781. The van der Waals surface area contributed by atoms with Crippen LogP contribution in [-0.4, -0.2) is 32.8 Å². The minimum Gasteiger partial charge on any atom is -0.458 e. The number of hydrogen-bond donors (Lipinski definition) is 1. The number of carbonyl (C=O) groups is 1. The summed E-state index contributed by atoms with van der Waals surface area (Å²) in [5, 5.41) is 14.7. The van der Waals surface area contributed by atoms with Gasteiger partial charge in [0.25, 0.3) is 0 Å². The molecule has 0 bridgehead atoms. The highest BCUT2D eigenvalue weighted by atomic mass is 79.9. The van der Waals surface area contributed by atoms with Crippen molar-refractivity contribution in [1.29, 1.82) is 0 Å². The van der Waals surface area contributed by atoms with Crippen molar-refractivity contribution in [3.05, 3.63) is 58.2 Å². The van der Waals surface area contributed by atoms with Crippen LogP contribution in [-0.2, 0) is 9.53 Å². The van der Waals surface area contributed by atoms with Crippen molar-refractivity contribution in [2.45, 2.75) is 13.0 Å². The zero-order valence-electron chi connectivity index (χ0n) is 12.4. The summed E-state index contributed by atoms with van der Waals surface area (Å²) < 4.78 is 7.74. The fourth-order valence-electron chi connectivity index (χ4n) is 2.44. The Hall–Kier alpha value is -2.48. The Morgan fingerprint density at radius 1 is 1.48 bits per heavy atom. The SMILES string of the molecule is C=CCOC(=O)C1=C(C)Nc2nnnn2[C@H]1c1ccc(Br)cc1. The van der Waals surface area contributed by atoms with Crippen molar-refractivity contribution in [3.8, 4) is 0 Å². The molecule has 23 heavy (non-hydrogen) atoms. The van der Waals surface area contributed by atoms with Gasteiger partial charge in [-0.3, -0.25) is 0 Å². The molecule has 0 spiro atoms. The van der Waals surface area contributed by atoms with Gasteiger partial charge in [0, 0.05) is 10.2 Å². The van der Waals surface area contributed by atoms with Crippen LogP contribution in [0.4, 0.5) is 5.95 Å². The Balaban J connectivity index is 2.08. The lowest BCUT2D eigenvalue weighted by Gasteiger charge is -2.27. The second-order valence-corrected chi connectivity index (χ2v) is 5.87. The van der Waals surface area contributed by atoms with E-state index in [1.165, 1.54) is 6.08 Å². The van der Waals surface area contributed by atoms with E-state index in [1.807, 2.05) is 24.3 Å². The molecule has 118 valence electrons. The van der Waals surface area contributed by atoms with Gasteiger partial charge in [0.15, 0.2) is 0 Å². The molecule has 0 radical (unpaired) electrons. The Kier molecular flexibility index (Phi) is 4.24. The molecule has 0 amide bonds. The number of nitrogens with zero attached hydrogens (tertiary/aromatic N) is 4. The monoisotopic (exact) mass is 375 g/mol. The molecule has 0 fully saturated rings. The van der Waals surface area contributed by atoms with E-state index < -0.39 is 12.0 Å². The number of rotatable bonds is 4. The van der Waals surface area contributed by atoms with E-state index in [4.69, 9.17) is 4.74 Å². The van der Waals surface area contributed by atoms with Gasteiger partial charge < -0.3 is 10.1 Å². The fourth-order valence-corrected chi connectivity index (χ4v) is 2.71. The van der Waals surface area contributed by atoms with Crippen molar-refractivity contribution in [3.63, 3.8) is 0 Å². The van der Waals surface area contributed by atoms with Gasteiger partial charge in [-0.25, -0.2) is 4.79 Å². The van der Waals surface area contributed by atoms with Crippen molar-refractivity contribution in [2.24, 2.45) is 0 Å². The van der Waals surface area contributed by atoms with Gasteiger partial charge in [0.05, 0.1) is 5.57 Å². The molecule has 1 N–H and O–H groups in total. The molecule has 1 aliphatic rings. The molecular formula is C15H14BrN5O2. The molecule has 2 heterocycles. The van der Waals surface area contributed by atoms with Crippen LogP contribution < -0.4 is 5.32 Å². The largest absolute Gasteiger partial charge is 0.458 e. The number of nitrogens with one attached hydrogen (secondary N) is 1. The Morgan fingerprint density at radius 2 is 2.22 bits per heavy atom. The lowest BCUT2D eigenvalue weighted by atomic mass is 9.96. The summed E-state index contributed by atoms with van der Waals surface area (Å²) in [4.78, 5) is 12.5. The number of hydrogen-bond acceptors (Lipinski definition) is 6. The molecule has 0 saturated carbocycles. The minimum absolute atomic E-state index is 0.144. The topological polar surface area (TPSA) is 81.9 Å². The molecule has 3 rings (SSSR count). The Morgan fingerprint density at radius 3 is 2.91 bits per heavy atom. The van der Waals surface area contributed by atoms with E-state index >= 15 is 0 Å². The summed E-state index contributed by atoms with van der Waals surface area (Å²) >= 11 is 3.41. The summed E-state index contributed by atoms with van der Waals surface area (Å²) in [6.07, 6.45) is 1.53. The van der Waals surface area contributed by atoms with Gasteiger partial charge in [-0.2, -0.15) is 4.68 Å². The molecule has 1 atom stereocenters. The van der Waals surface area contributed by atoms with Crippen LogP contribution >= 0.6 is 15.9 Å². The van der Waals surface area contributed by atoms with Crippen LogP contribution in [0.1, 0.15) is 18.5 Å². The highest BCUT2D eigenvalue weighted by molar-refractivity contribution is 9.10. The first-order valence-electron chi connectivity index (χ1n) is 6.91. The quantitative estimate of drug-likeness (QED) is 0.652. The minimum atomic E-state index is -0.452. The van der Waals surface area contributed by atoms with Crippen LogP contribution in [0.15, 0.2) is 52.7 Å². The van der Waals surface area contributed by atoms with E-state index in [0.717, 1.165) is 10.0 Å². The zero-order valence-corrected chi connectivity index (χ0v) is 13.9. The predicted molar refractivity (Wildman–Crippen MR) is 87.6 cm³/mol. The second-order valence-electron chi connectivity index (χ2n) is 4.95. The van der Waals surface area contributed by atoms with Crippen molar-refractivity contribution in [1.82, 2.24) is 20.2 Å². The molecule has 7 nitrogen and oxygen atoms in total. The predicted octanol–water partition coefficient (Wildman–Crippen LogP) is 2.45. The number of carbonyl (C=O) groups excluding carboxylic acids is 1. The average Bonchev–Trinajstić information content (AvgIpc) is 3.00. The average molecular weight is 376 g/mol. The normalized spacial score (nSPS) is 16.5. The lowest BCUT2D eigenvalue weighted by molar-refractivity contribution is -0.138. The van der Waals surface area contributed by atoms with Crippen molar-refractivity contribution >= 4 is 27.8 Å². The molecule has 0 saturated heterocycles. The van der Waals surface area contributed by atoms with Gasteiger partial charge in [0.2, 0.25) is 5.95 Å². The van der Waals surface area contributed by atoms with Crippen LogP contribution in [0.5, 0.6) is 0 Å². The first-order chi connectivity index (χ1) is 11.1. The number of esters is 1. The third kappa shape index (κ3) is 2.89. The first-order valence-corrected chi connectivity index (χ1v) is 7.70. The molecular weight excluding hydrogens is 362 g/mol. The summed E-state index contributed by atoms with van der Waals surface area (Å²) in [5.41, 5.74) is 2.01. The fraction of sp³-hybridized carbons (Fsp3) is 0.200. The molecule has 1 aromatic heterocycles. The molecule has 0 aliphatic carbocycles. The molecule has 1 aliphatic heterocycles. The summed E-state index contributed by atoms with van der Waals surface area (Å²) in [7, 11) is 0. The van der Waals surface area contributed by atoms with Gasteiger partial charge in [-0.05, 0) is 35.0 Å². The highest BCUT2D eigenvalue weighted by Gasteiger charge is 2.34. The van der Waals surface area contributed by atoms with E-state index in [9.17, 15) is 4.79 Å². The van der Waals surface area contributed by atoms with Crippen LogP contribution in [0.2, 0.25) is 0 Å². The molecule has 8 heteroatoms. The maximum absolute atomic E-state index is 12.5. The third-order valence-electron chi connectivity index (χ3n) is 3.45. The summed E-state index contributed by atoms with van der Waals surface area (Å²) in [6.45, 7) is 5.50. The first kappa shape index (κ1) is 15.4. The summed E-state index contributed by atoms with van der Waals surface area (Å²) in [6, 6.07) is 7.19. The van der Waals surface area contributed by atoms with E-state index in [1.54, 1.807) is 11.6 Å². The number of fused-ring (bicyclic) bond motifs is 1. The van der Waals surface area contributed by atoms with Crippen LogP contribution in [0.25, 0.3) is 0 Å². The number of benzene rings is 1. The van der Waals surface area contributed by atoms with E-state index in [2.05, 4.69) is 43.4 Å². The van der Waals surface area contributed by atoms with Crippen molar-refractivity contribution in [2.75, 3.05) is 11.9 Å². The Labute approximate surface area is 141 Å². The standard InChI is InChI=1S/C15H14BrN5O2/c1-3-8-23-14(22)12-9(2)17-15-18-19-20-21(15)13(12)10-4-6-11(16)7-5-10/h3-7,13H,1,8H2,2H3,(H,17,18,20)/t13-/m0/s1. The van der Waals surface area contributed by atoms with E-state index in [-0.39, 0.29) is 6.61 Å².